The third kappa shape index (κ3) is 6.10. The molecular formula is C32H45N5O5Si2. The van der Waals surface area contributed by atoms with Gasteiger partial charge in [-0.25, -0.2) is 15.0 Å². The van der Waals surface area contributed by atoms with Gasteiger partial charge in [-0.2, -0.15) is 0 Å². The Morgan fingerprint density at radius 3 is 2.27 bits per heavy atom. The summed E-state index contributed by atoms with van der Waals surface area (Å²) in [6.45, 7) is 22.9. The maximum absolute atomic E-state index is 12.4. The van der Waals surface area contributed by atoms with Crippen molar-refractivity contribution in [3.63, 3.8) is 0 Å². The van der Waals surface area contributed by atoms with Gasteiger partial charge in [0.2, 0.25) is 11.6 Å². The molecule has 1 aliphatic carbocycles. The molecule has 1 aliphatic heterocycles. The molecule has 1 saturated heterocycles. The lowest BCUT2D eigenvalue weighted by Crippen LogP contribution is -2.48. The van der Waals surface area contributed by atoms with Crippen molar-refractivity contribution in [2.75, 3.05) is 11.9 Å². The molecule has 12 heteroatoms. The van der Waals surface area contributed by atoms with Crippen molar-refractivity contribution in [2.45, 2.75) is 103 Å². The largest absolute Gasteiger partial charge is 0.414 e. The quantitative estimate of drug-likeness (QED) is 0.212. The van der Waals surface area contributed by atoms with Gasteiger partial charge in [0.05, 0.1) is 24.7 Å². The van der Waals surface area contributed by atoms with Crippen LogP contribution >= 0.6 is 0 Å². The van der Waals surface area contributed by atoms with Crippen molar-refractivity contribution < 1.29 is 23.2 Å². The summed E-state index contributed by atoms with van der Waals surface area (Å²) in [5.74, 6) is -0.676. The van der Waals surface area contributed by atoms with E-state index in [0.29, 0.717) is 46.8 Å². The molecule has 0 amide bonds. The summed E-state index contributed by atoms with van der Waals surface area (Å²) in [4.78, 5) is 38.5. The van der Waals surface area contributed by atoms with Crippen molar-refractivity contribution in [3.05, 3.63) is 54.1 Å². The van der Waals surface area contributed by atoms with Gasteiger partial charge in [-0.3, -0.25) is 14.2 Å². The summed E-state index contributed by atoms with van der Waals surface area (Å²) in [7, 11) is -4.12. The Bertz CT molecular complexity index is 1620. The Kier molecular flexibility index (Phi) is 8.38. The second-order valence-electron chi connectivity index (χ2n) is 14.8. The first-order valence-electron chi connectivity index (χ1n) is 15.2. The SMILES string of the molecule is CC(C)(C)[Si](C)(C)OC[C@H]1O[C@@H](n2cnc3c(NC4=CC(=O)C(=O)c5ccccc54)ncnc32)C[C@@H]1O[Si](C)(C)C(C)(C)C. The third-order valence-electron chi connectivity index (χ3n) is 9.73. The Balaban J connectivity index is 1.44. The van der Waals surface area contributed by atoms with Crippen LogP contribution in [0.5, 0.6) is 0 Å². The molecule has 1 N–H and O–H groups in total. The standard InChI is InChI=1S/C32H45N5O5Si2/c1-31(2,3)43(7,8)40-17-25-24(42-44(9,10)32(4,5)6)16-26(41-25)37-19-35-27-29(33-18-34-30(27)37)36-22-15-23(38)28(39)21-14-12-11-13-20(21)22/h11-15,18-19,24-26H,16-17H2,1-10H3,(H,33,34,36)/t24-,25+,26+/m0/s1. The van der Waals surface area contributed by atoms with Crippen LogP contribution in [0.2, 0.25) is 36.3 Å². The van der Waals surface area contributed by atoms with Gasteiger partial charge < -0.3 is 18.9 Å². The van der Waals surface area contributed by atoms with Gasteiger partial charge in [-0.05, 0) is 36.3 Å². The molecule has 236 valence electrons. The zero-order valence-electron chi connectivity index (χ0n) is 27.5. The lowest BCUT2D eigenvalue weighted by Gasteiger charge is -2.40. The Morgan fingerprint density at radius 2 is 1.61 bits per heavy atom. The zero-order chi connectivity index (χ0) is 32.2. The molecule has 1 fully saturated rings. The average molecular weight is 636 g/mol. The van der Waals surface area contributed by atoms with E-state index in [0.717, 1.165) is 0 Å². The number of benzene rings is 1. The fourth-order valence-electron chi connectivity index (χ4n) is 4.92. The number of aromatic nitrogens is 4. The first kappa shape index (κ1) is 32.4. The highest BCUT2D eigenvalue weighted by atomic mass is 28.4. The number of imidazole rings is 1. The molecule has 2 aromatic heterocycles. The number of nitrogens with zero attached hydrogens (tertiary/aromatic N) is 4. The number of hydrogen-bond donors (Lipinski definition) is 1. The maximum Gasteiger partial charge on any atom is 0.233 e. The van der Waals surface area contributed by atoms with Crippen LogP contribution in [0.3, 0.4) is 0 Å². The van der Waals surface area contributed by atoms with Crippen LogP contribution in [0.15, 0.2) is 43.0 Å². The summed E-state index contributed by atoms with van der Waals surface area (Å²) >= 11 is 0. The van der Waals surface area contributed by atoms with Crippen molar-refractivity contribution in [1.29, 1.82) is 0 Å². The second-order valence-corrected chi connectivity index (χ2v) is 24.4. The van der Waals surface area contributed by atoms with Crippen molar-refractivity contribution in [1.82, 2.24) is 19.5 Å². The number of allylic oxidation sites excluding steroid dienone is 1. The highest BCUT2D eigenvalue weighted by Crippen LogP contribution is 2.43. The molecule has 0 radical (unpaired) electrons. The minimum Gasteiger partial charge on any atom is -0.414 e. The van der Waals surface area contributed by atoms with Gasteiger partial charge in [0.1, 0.15) is 18.7 Å². The molecule has 2 aliphatic rings. The Hall–Kier alpha value is -3.04. The number of nitrogens with one attached hydrogen (secondary N) is 1. The number of rotatable bonds is 8. The average Bonchev–Trinajstić information content (AvgIpc) is 3.53. The number of carbonyl (C=O) groups excluding carboxylic acids is 2. The fourth-order valence-corrected chi connectivity index (χ4v) is 7.29. The van der Waals surface area contributed by atoms with Gasteiger partial charge in [0.25, 0.3) is 0 Å². The van der Waals surface area contributed by atoms with Crippen LogP contribution in [0.4, 0.5) is 5.82 Å². The van der Waals surface area contributed by atoms with E-state index in [-0.39, 0.29) is 28.5 Å². The summed E-state index contributed by atoms with van der Waals surface area (Å²) in [6, 6.07) is 7.02. The smallest absolute Gasteiger partial charge is 0.233 e. The number of anilines is 1. The predicted octanol–water partition coefficient (Wildman–Crippen LogP) is 6.74. The minimum absolute atomic E-state index is 0.0455. The van der Waals surface area contributed by atoms with Crippen LogP contribution in [0, 0.1) is 0 Å². The molecule has 44 heavy (non-hydrogen) atoms. The lowest BCUT2D eigenvalue weighted by atomic mass is 9.93. The van der Waals surface area contributed by atoms with E-state index in [1.165, 1.54) is 12.4 Å². The van der Waals surface area contributed by atoms with Crippen LogP contribution in [-0.2, 0) is 18.4 Å². The van der Waals surface area contributed by atoms with Gasteiger partial charge in [0.15, 0.2) is 33.6 Å². The zero-order valence-corrected chi connectivity index (χ0v) is 29.5. The molecule has 10 nitrogen and oxygen atoms in total. The number of ketones is 2. The van der Waals surface area contributed by atoms with E-state index in [4.69, 9.17) is 13.6 Å². The number of carbonyl (C=O) groups is 2. The summed E-state index contributed by atoms with van der Waals surface area (Å²) in [5, 5.41) is 3.36. The number of fused-ring (bicyclic) bond motifs is 2. The molecule has 0 bridgehead atoms. The van der Waals surface area contributed by atoms with E-state index < -0.39 is 28.2 Å². The molecule has 3 aromatic rings. The van der Waals surface area contributed by atoms with E-state index in [9.17, 15) is 9.59 Å². The molecule has 3 atom stereocenters. The van der Waals surface area contributed by atoms with Crippen LogP contribution < -0.4 is 5.32 Å². The monoisotopic (exact) mass is 635 g/mol. The number of Topliss-reactive ketones (excluding diaryl/α,β-unsaturated/α-hetero) is 1. The molecule has 0 spiro atoms. The number of hydrogen-bond acceptors (Lipinski definition) is 9. The highest BCUT2D eigenvalue weighted by molar-refractivity contribution is 6.74. The van der Waals surface area contributed by atoms with Crippen molar-refractivity contribution in [2.24, 2.45) is 0 Å². The molecule has 5 rings (SSSR count). The topological polar surface area (TPSA) is 117 Å². The lowest BCUT2D eigenvalue weighted by molar-refractivity contribution is -0.111. The Labute approximate surface area is 261 Å². The van der Waals surface area contributed by atoms with E-state index >= 15 is 0 Å². The molecular weight excluding hydrogens is 591 g/mol. The summed E-state index contributed by atoms with van der Waals surface area (Å²) in [6.07, 6.45) is 4.37. The highest BCUT2D eigenvalue weighted by Gasteiger charge is 2.47. The number of ether oxygens (including phenoxy) is 1. The van der Waals surface area contributed by atoms with Crippen molar-refractivity contribution in [3.8, 4) is 0 Å². The van der Waals surface area contributed by atoms with E-state index in [2.05, 4.69) is 88.0 Å². The van der Waals surface area contributed by atoms with Crippen LogP contribution in [0.1, 0.15) is 70.1 Å². The van der Waals surface area contributed by atoms with Gasteiger partial charge in [0, 0.05) is 23.6 Å². The van der Waals surface area contributed by atoms with Crippen LogP contribution in [0.25, 0.3) is 16.9 Å². The predicted molar refractivity (Wildman–Crippen MR) is 176 cm³/mol. The van der Waals surface area contributed by atoms with Gasteiger partial charge >= 0.3 is 0 Å². The van der Waals surface area contributed by atoms with E-state index in [1.54, 1.807) is 24.5 Å². The fraction of sp³-hybridized carbons (Fsp3) is 0.531. The Morgan fingerprint density at radius 1 is 0.955 bits per heavy atom. The van der Waals surface area contributed by atoms with Gasteiger partial charge in [-0.15, -0.1) is 0 Å². The molecule has 1 aromatic carbocycles. The molecule has 0 unspecified atom stereocenters. The maximum atomic E-state index is 12.4. The third-order valence-corrected chi connectivity index (χ3v) is 18.7. The van der Waals surface area contributed by atoms with Crippen LogP contribution in [-0.4, -0.2) is 66.5 Å². The summed E-state index contributed by atoms with van der Waals surface area (Å²) in [5.41, 5.74) is 2.61. The second kappa shape index (κ2) is 11.4. The first-order valence-corrected chi connectivity index (χ1v) is 21.0. The first-order chi connectivity index (χ1) is 20.4. The van der Waals surface area contributed by atoms with E-state index in [1.807, 2.05) is 10.6 Å². The van der Waals surface area contributed by atoms with Gasteiger partial charge in [-0.1, -0.05) is 65.8 Å². The molecule has 0 saturated carbocycles. The minimum atomic E-state index is -2.11. The molecule has 3 heterocycles. The normalized spacial score (nSPS) is 21.5. The van der Waals surface area contributed by atoms with Crippen molar-refractivity contribution >= 4 is 50.9 Å². The summed E-state index contributed by atoms with van der Waals surface area (Å²) < 4.78 is 22.2.